The van der Waals surface area contributed by atoms with Crippen LogP contribution in [0.3, 0.4) is 0 Å². The third kappa shape index (κ3) is 2.90. The average Bonchev–Trinajstić information content (AvgIpc) is 2.39. The number of rotatable bonds is 3. The maximum Gasteiger partial charge on any atom is 0.148 e. The van der Waals surface area contributed by atoms with Gasteiger partial charge in [-0.05, 0) is 19.6 Å². The third-order valence-electron chi connectivity index (χ3n) is 3.22. The van der Waals surface area contributed by atoms with Gasteiger partial charge in [-0.3, -0.25) is 4.98 Å². The predicted molar refractivity (Wildman–Crippen MR) is 70.7 cm³/mol. The molecular formula is C12H19N3OS. The number of aromatic nitrogens is 2. The molecule has 1 aromatic heterocycles. The Hall–Kier alpha value is -0.810. The minimum absolute atomic E-state index is 0.0602. The van der Waals surface area contributed by atoms with Crippen LogP contribution in [0.25, 0.3) is 0 Å². The van der Waals surface area contributed by atoms with Crippen LogP contribution in [0.15, 0.2) is 17.4 Å². The van der Waals surface area contributed by atoms with E-state index in [1.807, 2.05) is 12.5 Å². The Balaban J connectivity index is 2.16. The third-order valence-corrected chi connectivity index (χ3v) is 3.83. The largest absolute Gasteiger partial charge is 0.372 e. The van der Waals surface area contributed by atoms with Gasteiger partial charge in [-0.25, -0.2) is 4.98 Å². The summed E-state index contributed by atoms with van der Waals surface area (Å²) in [6.45, 7) is 6.85. The van der Waals surface area contributed by atoms with Crippen molar-refractivity contribution < 1.29 is 4.74 Å². The van der Waals surface area contributed by atoms with E-state index in [4.69, 9.17) is 4.74 Å². The molecule has 2 rings (SSSR count). The fourth-order valence-corrected chi connectivity index (χ4v) is 2.28. The average molecular weight is 253 g/mol. The predicted octanol–water partition coefficient (Wildman–Crippen LogP) is 2.20. The lowest BCUT2D eigenvalue weighted by molar-refractivity contribution is -0.0443. The van der Waals surface area contributed by atoms with Crippen LogP contribution < -0.4 is 4.90 Å². The van der Waals surface area contributed by atoms with Crippen molar-refractivity contribution in [2.45, 2.75) is 30.9 Å². The Labute approximate surface area is 107 Å². The lowest BCUT2D eigenvalue weighted by atomic mass is 10.0. The Kier molecular flexibility index (Phi) is 3.89. The molecule has 94 valence electrons. The van der Waals surface area contributed by atoms with E-state index in [9.17, 15) is 0 Å². The zero-order valence-electron chi connectivity index (χ0n) is 10.6. The highest BCUT2D eigenvalue weighted by atomic mass is 32.2. The van der Waals surface area contributed by atoms with E-state index in [0.29, 0.717) is 0 Å². The van der Waals surface area contributed by atoms with Gasteiger partial charge in [0.1, 0.15) is 10.8 Å². The van der Waals surface area contributed by atoms with Crippen LogP contribution in [0.4, 0.5) is 5.82 Å². The molecule has 5 heteroatoms. The number of hydrogen-bond donors (Lipinski definition) is 0. The van der Waals surface area contributed by atoms with Crippen LogP contribution >= 0.6 is 11.8 Å². The van der Waals surface area contributed by atoms with E-state index < -0.39 is 0 Å². The quantitative estimate of drug-likeness (QED) is 0.772. The van der Waals surface area contributed by atoms with Crippen LogP contribution in [-0.4, -0.2) is 41.5 Å². The van der Waals surface area contributed by atoms with E-state index in [2.05, 4.69) is 28.7 Å². The van der Waals surface area contributed by atoms with E-state index in [1.165, 1.54) is 0 Å². The molecule has 17 heavy (non-hydrogen) atoms. The number of ether oxygens (including phenoxy) is 1. The van der Waals surface area contributed by atoms with Crippen LogP contribution in [0.5, 0.6) is 0 Å². The minimum Gasteiger partial charge on any atom is -0.372 e. The maximum atomic E-state index is 5.83. The van der Waals surface area contributed by atoms with Gasteiger partial charge >= 0.3 is 0 Å². The summed E-state index contributed by atoms with van der Waals surface area (Å²) in [5, 5.41) is 0.965. The van der Waals surface area contributed by atoms with Gasteiger partial charge in [0, 0.05) is 13.1 Å². The monoisotopic (exact) mass is 253 g/mol. The maximum absolute atomic E-state index is 5.83. The smallest absolute Gasteiger partial charge is 0.148 e. The van der Waals surface area contributed by atoms with Crippen molar-refractivity contribution in [3.63, 3.8) is 0 Å². The highest BCUT2D eigenvalue weighted by Gasteiger charge is 2.30. The lowest BCUT2D eigenvalue weighted by Gasteiger charge is -2.40. The summed E-state index contributed by atoms with van der Waals surface area (Å²) in [7, 11) is 0. The Bertz CT molecular complexity index is 388. The highest BCUT2D eigenvalue weighted by molar-refractivity contribution is 7.98. The molecule has 0 spiro atoms. The van der Waals surface area contributed by atoms with Crippen LogP contribution in [0, 0.1) is 0 Å². The molecule has 1 fully saturated rings. The van der Waals surface area contributed by atoms with Crippen molar-refractivity contribution in [1.29, 1.82) is 0 Å². The molecule has 4 nitrogen and oxygen atoms in total. The summed E-state index contributed by atoms with van der Waals surface area (Å²) in [5.41, 5.74) is -0.0602. The fraction of sp³-hybridized carbons (Fsp3) is 0.667. The molecular weight excluding hydrogens is 234 g/mol. The van der Waals surface area contributed by atoms with Gasteiger partial charge in [-0.15, -0.1) is 11.8 Å². The molecule has 1 aliphatic heterocycles. The van der Waals surface area contributed by atoms with E-state index in [-0.39, 0.29) is 5.60 Å². The molecule has 1 saturated heterocycles. The molecule has 0 N–H and O–H groups in total. The molecule has 1 atom stereocenters. The number of nitrogens with zero attached hydrogens (tertiary/aromatic N) is 3. The van der Waals surface area contributed by atoms with Gasteiger partial charge in [-0.2, -0.15) is 0 Å². The molecule has 0 aromatic carbocycles. The first-order valence-electron chi connectivity index (χ1n) is 5.92. The molecule has 0 radical (unpaired) electrons. The molecule has 1 aromatic rings. The second-order valence-corrected chi connectivity index (χ2v) is 5.32. The van der Waals surface area contributed by atoms with Crippen LogP contribution in [-0.2, 0) is 4.74 Å². The van der Waals surface area contributed by atoms with Gasteiger partial charge in [0.05, 0.1) is 24.6 Å². The standard InChI is InChI=1S/C12H19N3OS/c1-4-12(2)9-15(5-6-16-12)10-7-13-8-11(14-10)17-3/h7-8H,4-6,9H2,1-3H3. The van der Waals surface area contributed by atoms with Crippen LogP contribution in [0.1, 0.15) is 20.3 Å². The van der Waals surface area contributed by atoms with Gasteiger partial charge in [-0.1, -0.05) is 6.92 Å². The summed E-state index contributed by atoms with van der Waals surface area (Å²) in [4.78, 5) is 11.1. The Morgan fingerprint density at radius 3 is 3.06 bits per heavy atom. The van der Waals surface area contributed by atoms with E-state index in [0.717, 1.165) is 37.0 Å². The first kappa shape index (κ1) is 12.6. The van der Waals surface area contributed by atoms with Crippen molar-refractivity contribution in [2.24, 2.45) is 0 Å². The van der Waals surface area contributed by atoms with Crippen molar-refractivity contribution in [1.82, 2.24) is 9.97 Å². The number of thioether (sulfide) groups is 1. The summed E-state index contributed by atoms with van der Waals surface area (Å²) in [5.74, 6) is 0.958. The van der Waals surface area contributed by atoms with Crippen molar-refractivity contribution in [3.05, 3.63) is 12.4 Å². The van der Waals surface area contributed by atoms with Gasteiger partial charge in [0.25, 0.3) is 0 Å². The molecule has 0 aliphatic carbocycles. The fourth-order valence-electron chi connectivity index (χ4n) is 1.93. The van der Waals surface area contributed by atoms with Gasteiger partial charge < -0.3 is 9.64 Å². The first-order valence-corrected chi connectivity index (χ1v) is 7.14. The van der Waals surface area contributed by atoms with Gasteiger partial charge in [0.2, 0.25) is 0 Å². The first-order chi connectivity index (χ1) is 8.17. The minimum atomic E-state index is -0.0602. The Morgan fingerprint density at radius 2 is 2.35 bits per heavy atom. The van der Waals surface area contributed by atoms with E-state index in [1.54, 1.807) is 18.0 Å². The zero-order valence-corrected chi connectivity index (χ0v) is 11.5. The van der Waals surface area contributed by atoms with Crippen molar-refractivity contribution in [3.8, 4) is 0 Å². The second-order valence-electron chi connectivity index (χ2n) is 4.49. The molecule has 2 heterocycles. The summed E-state index contributed by atoms with van der Waals surface area (Å²) in [6, 6.07) is 0. The molecule has 1 aliphatic rings. The van der Waals surface area contributed by atoms with E-state index >= 15 is 0 Å². The summed E-state index contributed by atoms with van der Waals surface area (Å²) >= 11 is 1.62. The molecule has 0 saturated carbocycles. The van der Waals surface area contributed by atoms with Gasteiger partial charge in [0.15, 0.2) is 0 Å². The molecule has 0 bridgehead atoms. The molecule has 1 unspecified atom stereocenters. The normalized spacial score (nSPS) is 25.0. The highest BCUT2D eigenvalue weighted by Crippen LogP contribution is 2.25. The molecule has 0 amide bonds. The van der Waals surface area contributed by atoms with Crippen molar-refractivity contribution >= 4 is 17.6 Å². The number of anilines is 1. The Morgan fingerprint density at radius 1 is 1.53 bits per heavy atom. The number of morpholine rings is 1. The van der Waals surface area contributed by atoms with Crippen molar-refractivity contribution in [2.75, 3.05) is 30.9 Å². The topological polar surface area (TPSA) is 38.2 Å². The second kappa shape index (κ2) is 5.23. The zero-order chi connectivity index (χ0) is 12.3. The number of hydrogen-bond acceptors (Lipinski definition) is 5. The van der Waals surface area contributed by atoms with Crippen LogP contribution in [0.2, 0.25) is 0 Å². The SMILES string of the molecule is CCC1(C)CN(c2cncc(SC)n2)CCO1. The summed E-state index contributed by atoms with van der Waals surface area (Å²) < 4.78 is 5.83. The summed E-state index contributed by atoms with van der Waals surface area (Å²) in [6.07, 6.45) is 6.66. The lowest BCUT2D eigenvalue weighted by Crippen LogP contribution is -2.50.